The standard InChI is InChI=1S/C16H15F3N2O4S2/c1-10-4-5-11(9-12(10)15(22)23)27(24,25)21-7-8-26-14-13(16(17,18)19)3-2-6-20-14/h2-6,9,21H,7-8H2,1H3,(H,22,23). The van der Waals surface area contributed by atoms with Gasteiger partial charge >= 0.3 is 12.1 Å². The van der Waals surface area contributed by atoms with E-state index in [1.807, 2.05) is 0 Å². The zero-order valence-corrected chi connectivity index (χ0v) is 15.6. The normalized spacial score (nSPS) is 12.1. The summed E-state index contributed by atoms with van der Waals surface area (Å²) in [5.74, 6) is -1.24. The summed E-state index contributed by atoms with van der Waals surface area (Å²) in [6.07, 6.45) is -3.33. The SMILES string of the molecule is Cc1ccc(S(=O)(=O)NCCSc2ncccc2C(F)(F)F)cc1C(=O)O. The average molecular weight is 420 g/mol. The van der Waals surface area contributed by atoms with E-state index < -0.39 is 27.7 Å². The van der Waals surface area contributed by atoms with Gasteiger partial charge in [0, 0.05) is 18.5 Å². The van der Waals surface area contributed by atoms with Gasteiger partial charge in [-0.05, 0) is 36.8 Å². The van der Waals surface area contributed by atoms with Gasteiger partial charge in [0.15, 0.2) is 0 Å². The topological polar surface area (TPSA) is 96.4 Å². The van der Waals surface area contributed by atoms with Crippen LogP contribution in [0.1, 0.15) is 21.5 Å². The fourth-order valence-corrected chi connectivity index (χ4v) is 4.19. The first kappa shape index (κ1) is 21.2. The molecule has 0 unspecified atom stereocenters. The van der Waals surface area contributed by atoms with Crippen LogP contribution in [0.5, 0.6) is 0 Å². The third-order valence-corrected chi connectivity index (χ3v) is 5.92. The van der Waals surface area contributed by atoms with Gasteiger partial charge in [-0.2, -0.15) is 13.2 Å². The van der Waals surface area contributed by atoms with Gasteiger partial charge in [0.05, 0.1) is 16.0 Å². The minimum Gasteiger partial charge on any atom is -0.478 e. The summed E-state index contributed by atoms with van der Waals surface area (Å²) >= 11 is 0.768. The molecule has 0 aliphatic carbocycles. The Kier molecular flexibility index (Phi) is 6.50. The number of carboxylic acid groups (broad SMARTS) is 1. The monoisotopic (exact) mass is 420 g/mol. The second kappa shape index (κ2) is 8.28. The quantitative estimate of drug-likeness (QED) is 0.528. The van der Waals surface area contributed by atoms with Crippen LogP contribution >= 0.6 is 11.8 Å². The van der Waals surface area contributed by atoms with E-state index >= 15 is 0 Å². The van der Waals surface area contributed by atoms with Gasteiger partial charge in [-0.3, -0.25) is 0 Å². The van der Waals surface area contributed by atoms with E-state index in [-0.39, 0.29) is 27.8 Å². The van der Waals surface area contributed by atoms with Crippen LogP contribution in [0.25, 0.3) is 0 Å². The van der Waals surface area contributed by atoms with Crippen molar-refractivity contribution < 1.29 is 31.5 Å². The molecule has 0 saturated carbocycles. The molecule has 1 aromatic heterocycles. The predicted octanol–water partition coefficient (Wildman–Crippen LogP) is 3.18. The number of nitrogens with zero attached hydrogens (tertiary/aromatic N) is 1. The molecule has 2 rings (SSSR count). The van der Waals surface area contributed by atoms with E-state index in [0.29, 0.717) is 5.56 Å². The number of hydrogen-bond acceptors (Lipinski definition) is 5. The van der Waals surface area contributed by atoms with Crippen molar-refractivity contribution in [2.45, 2.75) is 23.0 Å². The molecule has 0 bridgehead atoms. The predicted molar refractivity (Wildman–Crippen MR) is 93.3 cm³/mol. The minimum atomic E-state index is -4.55. The molecule has 11 heteroatoms. The lowest BCUT2D eigenvalue weighted by molar-refractivity contribution is -0.140. The first-order chi connectivity index (χ1) is 12.5. The molecule has 0 amide bonds. The molecule has 1 heterocycles. The smallest absolute Gasteiger partial charge is 0.419 e. The number of hydrogen-bond donors (Lipinski definition) is 2. The van der Waals surface area contributed by atoms with Gasteiger partial charge in [-0.25, -0.2) is 22.9 Å². The van der Waals surface area contributed by atoms with Crippen LogP contribution in [0.2, 0.25) is 0 Å². The number of benzene rings is 1. The molecule has 6 nitrogen and oxygen atoms in total. The van der Waals surface area contributed by atoms with Gasteiger partial charge in [0.2, 0.25) is 10.0 Å². The number of thioether (sulfide) groups is 1. The Balaban J connectivity index is 2.04. The molecule has 0 saturated heterocycles. The molecule has 2 aromatic rings. The molecule has 27 heavy (non-hydrogen) atoms. The zero-order chi connectivity index (χ0) is 20.2. The lowest BCUT2D eigenvalue weighted by Crippen LogP contribution is -2.26. The van der Waals surface area contributed by atoms with Crippen molar-refractivity contribution >= 4 is 27.8 Å². The number of rotatable bonds is 7. The molecule has 0 spiro atoms. The molecule has 0 aliphatic rings. The number of alkyl halides is 3. The fourth-order valence-electron chi connectivity index (χ4n) is 2.13. The van der Waals surface area contributed by atoms with Crippen LogP contribution in [0, 0.1) is 6.92 Å². The molecule has 0 radical (unpaired) electrons. The van der Waals surface area contributed by atoms with Crippen LogP contribution in [0.3, 0.4) is 0 Å². The summed E-state index contributed by atoms with van der Waals surface area (Å²) in [6.45, 7) is 1.38. The first-order valence-corrected chi connectivity index (χ1v) is 9.98. The molecular formula is C16H15F3N2O4S2. The Labute approximate surface area is 157 Å². The van der Waals surface area contributed by atoms with Crippen molar-refractivity contribution in [3.05, 3.63) is 53.2 Å². The highest BCUT2D eigenvalue weighted by molar-refractivity contribution is 7.99. The highest BCUT2D eigenvalue weighted by Crippen LogP contribution is 2.35. The third-order valence-electron chi connectivity index (χ3n) is 3.46. The zero-order valence-electron chi connectivity index (χ0n) is 13.9. The third kappa shape index (κ3) is 5.44. The second-order valence-electron chi connectivity index (χ2n) is 5.38. The lowest BCUT2D eigenvalue weighted by Gasteiger charge is -2.11. The lowest BCUT2D eigenvalue weighted by atomic mass is 10.1. The van der Waals surface area contributed by atoms with Gasteiger partial charge in [0.25, 0.3) is 0 Å². The molecule has 0 aliphatic heterocycles. The Hall–Kier alpha value is -2.11. The van der Waals surface area contributed by atoms with Gasteiger partial charge < -0.3 is 5.11 Å². The number of carbonyl (C=O) groups is 1. The van der Waals surface area contributed by atoms with Crippen molar-refractivity contribution in [1.29, 1.82) is 0 Å². The van der Waals surface area contributed by atoms with E-state index in [9.17, 15) is 26.4 Å². The number of carboxylic acids is 1. The first-order valence-electron chi connectivity index (χ1n) is 7.51. The number of aromatic nitrogens is 1. The Morgan fingerprint density at radius 2 is 2.00 bits per heavy atom. The molecule has 146 valence electrons. The number of halogens is 3. The second-order valence-corrected chi connectivity index (χ2v) is 8.23. The van der Waals surface area contributed by atoms with Gasteiger partial charge in [0.1, 0.15) is 5.03 Å². The molecule has 0 atom stereocenters. The van der Waals surface area contributed by atoms with Gasteiger partial charge in [-0.15, -0.1) is 11.8 Å². The summed E-state index contributed by atoms with van der Waals surface area (Å²) < 4.78 is 65.4. The van der Waals surface area contributed by atoms with Crippen molar-refractivity contribution in [2.24, 2.45) is 0 Å². The number of aryl methyl sites for hydroxylation is 1. The molecule has 0 fully saturated rings. The van der Waals surface area contributed by atoms with E-state index in [4.69, 9.17) is 5.11 Å². The van der Waals surface area contributed by atoms with Crippen LogP contribution in [0.15, 0.2) is 46.5 Å². The number of aromatic carboxylic acids is 1. The van der Waals surface area contributed by atoms with E-state index in [2.05, 4.69) is 9.71 Å². The van der Waals surface area contributed by atoms with Crippen molar-refractivity contribution in [1.82, 2.24) is 9.71 Å². The number of nitrogens with one attached hydrogen (secondary N) is 1. The van der Waals surface area contributed by atoms with E-state index in [1.165, 1.54) is 31.3 Å². The van der Waals surface area contributed by atoms with Crippen LogP contribution in [-0.2, 0) is 16.2 Å². The summed E-state index contributed by atoms with van der Waals surface area (Å²) in [7, 11) is -4.00. The maximum absolute atomic E-state index is 12.9. The van der Waals surface area contributed by atoms with E-state index in [0.717, 1.165) is 23.9 Å². The maximum Gasteiger partial charge on any atom is 0.419 e. The van der Waals surface area contributed by atoms with Crippen LogP contribution < -0.4 is 4.72 Å². The van der Waals surface area contributed by atoms with Crippen molar-refractivity contribution in [3.8, 4) is 0 Å². The highest BCUT2D eigenvalue weighted by Gasteiger charge is 2.34. The Morgan fingerprint density at radius 1 is 1.30 bits per heavy atom. The number of sulfonamides is 1. The largest absolute Gasteiger partial charge is 0.478 e. The summed E-state index contributed by atoms with van der Waals surface area (Å²) in [5.41, 5.74) is -0.620. The molecule has 1 aromatic carbocycles. The molecular weight excluding hydrogens is 405 g/mol. The summed E-state index contributed by atoms with van der Waals surface area (Å²) in [4.78, 5) is 14.6. The number of pyridine rings is 1. The highest BCUT2D eigenvalue weighted by atomic mass is 32.2. The van der Waals surface area contributed by atoms with Crippen molar-refractivity contribution in [2.75, 3.05) is 12.3 Å². The maximum atomic E-state index is 12.9. The van der Waals surface area contributed by atoms with Crippen LogP contribution in [0.4, 0.5) is 13.2 Å². The van der Waals surface area contributed by atoms with Gasteiger partial charge in [-0.1, -0.05) is 6.07 Å². The molecule has 2 N–H and O–H groups in total. The summed E-state index contributed by atoms with van der Waals surface area (Å²) in [5, 5.41) is 8.83. The Bertz CT molecular complexity index is 947. The Morgan fingerprint density at radius 3 is 2.63 bits per heavy atom. The fraction of sp³-hybridized carbons (Fsp3) is 0.250. The van der Waals surface area contributed by atoms with Crippen LogP contribution in [-0.4, -0.2) is 36.8 Å². The van der Waals surface area contributed by atoms with E-state index in [1.54, 1.807) is 0 Å². The summed E-state index contributed by atoms with van der Waals surface area (Å²) in [6, 6.07) is 5.74. The minimum absolute atomic E-state index is 0.0109. The average Bonchev–Trinajstić information content (AvgIpc) is 2.58. The van der Waals surface area contributed by atoms with Crippen molar-refractivity contribution in [3.63, 3.8) is 0 Å².